The quantitative estimate of drug-likeness (QED) is 0.618. The minimum absolute atomic E-state index is 0.115. The summed E-state index contributed by atoms with van der Waals surface area (Å²) in [6.45, 7) is 4.06. The molecule has 0 aliphatic carbocycles. The molecule has 0 aliphatic rings. The number of ketones is 1. The summed E-state index contributed by atoms with van der Waals surface area (Å²) < 4.78 is 5.63. The van der Waals surface area contributed by atoms with E-state index in [1.54, 1.807) is 24.3 Å². The molecule has 104 valence electrons. The molecule has 0 fully saturated rings. The van der Waals surface area contributed by atoms with Gasteiger partial charge in [-0.2, -0.15) is 0 Å². The van der Waals surface area contributed by atoms with Crippen molar-refractivity contribution in [2.75, 3.05) is 10.6 Å². The van der Waals surface area contributed by atoms with Gasteiger partial charge in [-0.25, -0.2) is 0 Å². The van der Waals surface area contributed by atoms with E-state index >= 15 is 0 Å². The van der Waals surface area contributed by atoms with Crippen molar-refractivity contribution >= 4 is 33.3 Å². The van der Waals surface area contributed by atoms with Crippen LogP contribution in [0.15, 0.2) is 24.3 Å². The van der Waals surface area contributed by atoms with Crippen LogP contribution in [-0.2, 0) is 9.59 Å². The molecule has 0 aliphatic heterocycles. The fraction of sp³-hybridized carbons (Fsp3) is 0.429. The van der Waals surface area contributed by atoms with E-state index in [2.05, 4.69) is 28.2 Å². The first-order valence-electron chi connectivity index (χ1n) is 6.19. The lowest BCUT2D eigenvalue weighted by Gasteiger charge is -2.13. The summed E-state index contributed by atoms with van der Waals surface area (Å²) in [7, 11) is 0. The summed E-state index contributed by atoms with van der Waals surface area (Å²) in [5.41, 5.74) is 0.656. The molecule has 0 spiro atoms. The Labute approximate surface area is 121 Å². The number of amides is 1. The monoisotopic (exact) mass is 327 g/mol. The van der Waals surface area contributed by atoms with Crippen LogP contribution in [0.2, 0.25) is 0 Å². The highest BCUT2D eigenvalue weighted by Crippen LogP contribution is 2.17. The number of rotatable bonds is 7. The number of anilines is 1. The Bertz CT molecular complexity index is 431. The number of carbonyl (C=O) groups excluding carboxylic acids is 2. The fourth-order valence-corrected chi connectivity index (χ4v) is 1.56. The van der Waals surface area contributed by atoms with Crippen LogP contribution in [0.3, 0.4) is 0 Å². The third kappa shape index (κ3) is 5.87. The Kier molecular flexibility index (Phi) is 6.56. The van der Waals surface area contributed by atoms with Gasteiger partial charge in [0.15, 0.2) is 5.78 Å². The average molecular weight is 328 g/mol. The SMILES string of the molecule is CCC(C)Oc1ccc(NC(=O)CC(=O)CBr)cc1. The van der Waals surface area contributed by atoms with Gasteiger partial charge in [-0.05, 0) is 37.6 Å². The van der Waals surface area contributed by atoms with E-state index < -0.39 is 0 Å². The van der Waals surface area contributed by atoms with E-state index in [0.29, 0.717) is 5.69 Å². The molecule has 1 atom stereocenters. The van der Waals surface area contributed by atoms with Crippen LogP contribution in [0.4, 0.5) is 5.69 Å². The van der Waals surface area contributed by atoms with Crippen LogP contribution in [0, 0.1) is 0 Å². The number of halogens is 1. The molecule has 0 aromatic heterocycles. The molecule has 5 heteroatoms. The Hall–Kier alpha value is -1.36. The van der Waals surface area contributed by atoms with Crippen LogP contribution in [0.1, 0.15) is 26.7 Å². The Balaban J connectivity index is 2.52. The molecule has 0 bridgehead atoms. The molecule has 1 N–H and O–H groups in total. The molecular formula is C14H18BrNO3. The van der Waals surface area contributed by atoms with Gasteiger partial charge in [0.1, 0.15) is 5.75 Å². The minimum atomic E-state index is -0.306. The van der Waals surface area contributed by atoms with Gasteiger partial charge in [0, 0.05) is 5.69 Å². The van der Waals surface area contributed by atoms with Crippen molar-refractivity contribution in [1.82, 2.24) is 0 Å². The summed E-state index contributed by atoms with van der Waals surface area (Å²) >= 11 is 3.02. The van der Waals surface area contributed by atoms with Gasteiger partial charge in [-0.15, -0.1) is 0 Å². The number of benzene rings is 1. The second kappa shape index (κ2) is 7.94. The summed E-state index contributed by atoms with van der Waals surface area (Å²) in [6, 6.07) is 7.12. The van der Waals surface area contributed by atoms with Crippen molar-refractivity contribution in [3.63, 3.8) is 0 Å². The zero-order valence-corrected chi connectivity index (χ0v) is 12.7. The Morgan fingerprint density at radius 2 is 1.95 bits per heavy atom. The maximum absolute atomic E-state index is 11.5. The molecule has 0 saturated carbocycles. The Morgan fingerprint density at radius 3 is 2.47 bits per heavy atom. The van der Waals surface area contributed by atoms with Gasteiger partial charge in [0.25, 0.3) is 0 Å². The first-order chi connectivity index (χ1) is 9.05. The van der Waals surface area contributed by atoms with Gasteiger partial charge >= 0.3 is 0 Å². The van der Waals surface area contributed by atoms with Crippen LogP contribution >= 0.6 is 15.9 Å². The summed E-state index contributed by atoms with van der Waals surface area (Å²) in [4.78, 5) is 22.6. The molecule has 0 saturated heterocycles. The van der Waals surface area contributed by atoms with Crippen molar-refractivity contribution in [3.8, 4) is 5.75 Å². The van der Waals surface area contributed by atoms with Crippen LogP contribution < -0.4 is 10.1 Å². The number of carbonyl (C=O) groups is 2. The maximum Gasteiger partial charge on any atom is 0.231 e. The predicted molar refractivity (Wildman–Crippen MR) is 78.9 cm³/mol. The van der Waals surface area contributed by atoms with Crippen molar-refractivity contribution in [2.45, 2.75) is 32.8 Å². The van der Waals surface area contributed by atoms with E-state index in [0.717, 1.165) is 12.2 Å². The molecule has 0 radical (unpaired) electrons. The summed E-state index contributed by atoms with van der Waals surface area (Å²) in [5, 5.41) is 2.86. The number of ether oxygens (including phenoxy) is 1. The lowest BCUT2D eigenvalue weighted by atomic mass is 10.2. The van der Waals surface area contributed by atoms with E-state index in [-0.39, 0.29) is 29.5 Å². The normalized spacial score (nSPS) is 11.7. The smallest absolute Gasteiger partial charge is 0.231 e. The standard InChI is InChI=1S/C14H18BrNO3/c1-3-10(2)19-13-6-4-11(5-7-13)16-14(18)8-12(17)9-15/h4-7,10H,3,8-9H2,1-2H3,(H,16,18). The molecule has 1 rings (SSSR count). The summed E-state index contributed by atoms with van der Waals surface area (Å²) in [6.07, 6.45) is 0.987. The van der Waals surface area contributed by atoms with E-state index in [4.69, 9.17) is 4.74 Å². The van der Waals surface area contributed by atoms with Crippen molar-refractivity contribution in [2.24, 2.45) is 0 Å². The molecule has 1 amide bonds. The number of nitrogens with one attached hydrogen (secondary N) is 1. The van der Waals surface area contributed by atoms with Crippen LogP contribution in [0.5, 0.6) is 5.75 Å². The first-order valence-corrected chi connectivity index (χ1v) is 7.31. The van der Waals surface area contributed by atoms with Crippen LogP contribution in [-0.4, -0.2) is 23.1 Å². The highest BCUT2D eigenvalue weighted by molar-refractivity contribution is 9.09. The van der Waals surface area contributed by atoms with Crippen molar-refractivity contribution in [1.29, 1.82) is 0 Å². The molecular weight excluding hydrogens is 310 g/mol. The number of hydrogen-bond acceptors (Lipinski definition) is 3. The van der Waals surface area contributed by atoms with Gasteiger partial charge in [-0.3, -0.25) is 9.59 Å². The molecule has 1 aromatic rings. The van der Waals surface area contributed by atoms with Crippen molar-refractivity contribution < 1.29 is 14.3 Å². The number of alkyl halides is 1. The zero-order valence-electron chi connectivity index (χ0n) is 11.1. The zero-order chi connectivity index (χ0) is 14.3. The predicted octanol–water partition coefficient (Wildman–Crippen LogP) is 3.16. The fourth-order valence-electron chi connectivity index (χ4n) is 1.36. The minimum Gasteiger partial charge on any atom is -0.491 e. The molecule has 19 heavy (non-hydrogen) atoms. The highest BCUT2D eigenvalue weighted by Gasteiger charge is 2.08. The molecule has 1 unspecified atom stereocenters. The van der Waals surface area contributed by atoms with Crippen molar-refractivity contribution in [3.05, 3.63) is 24.3 Å². The second-order valence-corrected chi connectivity index (χ2v) is 4.82. The lowest BCUT2D eigenvalue weighted by molar-refractivity contribution is -0.123. The number of hydrogen-bond donors (Lipinski definition) is 1. The number of Topliss-reactive ketones (excluding diaryl/α,β-unsaturated/α-hetero) is 1. The van der Waals surface area contributed by atoms with E-state index in [1.807, 2.05) is 6.92 Å². The molecule has 0 heterocycles. The van der Waals surface area contributed by atoms with E-state index in [1.165, 1.54) is 0 Å². The molecule has 1 aromatic carbocycles. The third-order valence-electron chi connectivity index (χ3n) is 2.56. The van der Waals surface area contributed by atoms with E-state index in [9.17, 15) is 9.59 Å². The van der Waals surface area contributed by atoms with Gasteiger partial charge < -0.3 is 10.1 Å². The topological polar surface area (TPSA) is 55.4 Å². The lowest BCUT2D eigenvalue weighted by Crippen LogP contribution is -2.17. The van der Waals surface area contributed by atoms with Gasteiger partial charge in [0.05, 0.1) is 17.9 Å². The third-order valence-corrected chi connectivity index (χ3v) is 3.18. The summed E-state index contributed by atoms with van der Waals surface area (Å²) in [5.74, 6) is 0.318. The van der Waals surface area contributed by atoms with Gasteiger partial charge in [0.2, 0.25) is 5.91 Å². The largest absolute Gasteiger partial charge is 0.491 e. The molecule has 4 nitrogen and oxygen atoms in total. The van der Waals surface area contributed by atoms with Crippen LogP contribution in [0.25, 0.3) is 0 Å². The highest BCUT2D eigenvalue weighted by atomic mass is 79.9. The van der Waals surface area contributed by atoms with Gasteiger partial charge in [-0.1, -0.05) is 22.9 Å². The first kappa shape index (κ1) is 15.7. The maximum atomic E-state index is 11.5. The second-order valence-electron chi connectivity index (χ2n) is 4.26. The Morgan fingerprint density at radius 1 is 1.32 bits per heavy atom. The average Bonchev–Trinajstić information content (AvgIpc) is 2.40.